The van der Waals surface area contributed by atoms with E-state index >= 15 is 0 Å². The van der Waals surface area contributed by atoms with Gasteiger partial charge in [0.25, 0.3) is 0 Å². The van der Waals surface area contributed by atoms with Crippen LogP contribution in [0.2, 0.25) is 0 Å². The van der Waals surface area contributed by atoms with Gasteiger partial charge in [-0.05, 0) is 47.2 Å². The van der Waals surface area contributed by atoms with Crippen molar-refractivity contribution < 1.29 is 22.7 Å². The second-order valence-corrected chi connectivity index (χ2v) is 6.34. The zero-order valence-corrected chi connectivity index (χ0v) is 14.7. The van der Waals surface area contributed by atoms with Crippen LogP contribution in [-0.4, -0.2) is 18.1 Å². The first-order valence-corrected chi connectivity index (χ1v) is 8.51. The predicted molar refractivity (Wildman–Crippen MR) is 94.6 cm³/mol. The van der Waals surface area contributed by atoms with E-state index in [1.165, 1.54) is 36.6 Å². The van der Waals surface area contributed by atoms with Crippen LogP contribution in [0.4, 0.5) is 13.2 Å². The van der Waals surface area contributed by atoms with E-state index in [4.69, 9.17) is 0 Å². The number of hydrogen-bond donors (Lipinski definition) is 1. The normalized spacial score (nSPS) is 16.5. The molecular weight excluding hydrogens is 357 g/mol. The second-order valence-electron chi connectivity index (χ2n) is 6.34. The van der Waals surface area contributed by atoms with Crippen LogP contribution in [0.15, 0.2) is 42.6 Å². The number of benzene rings is 1. The van der Waals surface area contributed by atoms with Crippen molar-refractivity contribution in [2.45, 2.75) is 31.6 Å². The van der Waals surface area contributed by atoms with Gasteiger partial charge in [0.1, 0.15) is 5.69 Å². The Morgan fingerprint density at radius 1 is 1.33 bits per heavy atom. The highest BCUT2D eigenvalue weighted by atomic mass is 19.4. The fourth-order valence-electron chi connectivity index (χ4n) is 3.12. The molecule has 1 aliphatic rings. The summed E-state index contributed by atoms with van der Waals surface area (Å²) in [6.07, 6.45) is 1.74. The summed E-state index contributed by atoms with van der Waals surface area (Å²) in [7, 11) is 1.33. The summed E-state index contributed by atoms with van der Waals surface area (Å²) >= 11 is 0. The Morgan fingerprint density at radius 2 is 2.15 bits per heavy atom. The largest absolute Gasteiger partial charge is 0.466 e. The Bertz CT molecular complexity index is 845. The first kappa shape index (κ1) is 19.1. The minimum atomic E-state index is -4.42. The van der Waals surface area contributed by atoms with Crippen LogP contribution in [0.25, 0.3) is 6.08 Å². The lowest BCUT2D eigenvalue weighted by atomic mass is 10.0. The zero-order valence-electron chi connectivity index (χ0n) is 14.7. The molecule has 1 aromatic carbocycles. The van der Waals surface area contributed by atoms with Crippen LogP contribution < -0.4 is 5.32 Å². The lowest BCUT2D eigenvalue weighted by molar-refractivity contribution is -0.141. The quantitative estimate of drug-likeness (QED) is 0.632. The molecule has 3 rings (SSSR count). The maximum Gasteiger partial charge on any atom is 0.433 e. The molecule has 1 aromatic heterocycles. The van der Waals surface area contributed by atoms with Crippen molar-refractivity contribution in [3.05, 3.63) is 70.6 Å². The molecular formula is C20H19F3N2O2. The lowest BCUT2D eigenvalue weighted by Crippen LogP contribution is -2.19. The summed E-state index contributed by atoms with van der Waals surface area (Å²) in [4.78, 5) is 14.7. The van der Waals surface area contributed by atoms with Crippen LogP contribution in [0.5, 0.6) is 0 Å². The number of hydrogen-bond acceptors (Lipinski definition) is 4. The number of rotatable bonds is 5. The van der Waals surface area contributed by atoms with Crippen molar-refractivity contribution in [3.63, 3.8) is 0 Å². The summed E-state index contributed by atoms with van der Waals surface area (Å²) in [5.41, 5.74) is 3.11. The highest BCUT2D eigenvalue weighted by Gasteiger charge is 2.32. The van der Waals surface area contributed by atoms with Gasteiger partial charge in [0.2, 0.25) is 0 Å². The topological polar surface area (TPSA) is 51.2 Å². The molecule has 142 valence electrons. The number of carbonyl (C=O) groups is 1. The van der Waals surface area contributed by atoms with Crippen LogP contribution in [0.3, 0.4) is 0 Å². The molecule has 0 saturated carbocycles. The minimum absolute atomic E-state index is 0.140. The van der Waals surface area contributed by atoms with Gasteiger partial charge in [0.15, 0.2) is 0 Å². The third kappa shape index (κ3) is 4.74. The Morgan fingerprint density at radius 3 is 2.81 bits per heavy atom. The fourth-order valence-corrected chi connectivity index (χ4v) is 3.12. The van der Waals surface area contributed by atoms with Crippen molar-refractivity contribution in [2.24, 2.45) is 0 Å². The van der Waals surface area contributed by atoms with E-state index in [2.05, 4.69) is 15.0 Å². The zero-order chi connectivity index (χ0) is 19.4. The smallest absolute Gasteiger partial charge is 0.433 e. The lowest BCUT2D eigenvalue weighted by Gasteiger charge is -2.14. The monoisotopic (exact) mass is 376 g/mol. The minimum Gasteiger partial charge on any atom is -0.466 e. The van der Waals surface area contributed by atoms with Gasteiger partial charge >= 0.3 is 12.1 Å². The number of carbonyl (C=O) groups excluding carboxylic acids is 1. The van der Waals surface area contributed by atoms with E-state index in [9.17, 15) is 18.0 Å². The van der Waals surface area contributed by atoms with Crippen LogP contribution in [0, 0.1) is 0 Å². The molecule has 0 spiro atoms. The molecule has 27 heavy (non-hydrogen) atoms. The second kappa shape index (κ2) is 7.92. The number of fused-ring (bicyclic) bond motifs is 1. The molecule has 4 nitrogen and oxygen atoms in total. The molecule has 1 N–H and O–H groups in total. The van der Waals surface area contributed by atoms with E-state index in [1.807, 2.05) is 18.2 Å². The Kier molecular flexibility index (Phi) is 5.60. The van der Waals surface area contributed by atoms with Gasteiger partial charge < -0.3 is 10.1 Å². The molecule has 0 radical (unpaired) electrons. The molecule has 0 fully saturated rings. The summed E-state index contributed by atoms with van der Waals surface area (Å²) in [5, 5.41) is 3.38. The molecule has 0 saturated heterocycles. The number of aromatic nitrogens is 1. The highest BCUT2D eigenvalue weighted by Crippen LogP contribution is 2.32. The third-order valence-corrected chi connectivity index (χ3v) is 4.53. The molecule has 1 unspecified atom stereocenters. The van der Waals surface area contributed by atoms with Crippen LogP contribution >= 0.6 is 0 Å². The number of ether oxygens (including phenoxy) is 1. The van der Waals surface area contributed by atoms with E-state index in [1.54, 1.807) is 6.08 Å². The molecule has 1 heterocycles. The van der Waals surface area contributed by atoms with E-state index in [0.29, 0.717) is 12.1 Å². The number of esters is 1. The fraction of sp³-hybridized carbons (Fsp3) is 0.300. The molecule has 1 aliphatic carbocycles. The van der Waals surface area contributed by atoms with Gasteiger partial charge in [-0.2, -0.15) is 13.2 Å². The van der Waals surface area contributed by atoms with Crippen molar-refractivity contribution in [3.8, 4) is 0 Å². The van der Waals surface area contributed by atoms with Crippen molar-refractivity contribution in [1.82, 2.24) is 10.3 Å². The van der Waals surface area contributed by atoms with Gasteiger partial charge in [-0.3, -0.25) is 4.98 Å². The predicted octanol–water partition coefficient (Wildman–Crippen LogP) is 4.06. The van der Waals surface area contributed by atoms with Crippen molar-refractivity contribution in [1.29, 1.82) is 0 Å². The number of nitrogens with zero attached hydrogens (tertiary/aromatic N) is 1. The van der Waals surface area contributed by atoms with Gasteiger partial charge in [-0.25, -0.2) is 4.79 Å². The van der Waals surface area contributed by atoms with Crippen molar-refractivity contribution >= 4 is 12.0 Å². The van der Waals surface area contributed by atoms with Crippen molar-refractivity contribution in [2.75, 3.05) is 7.11 Å². The molecule has 0 aliphatic heterocycles. The summed E-state index contributed by atoms with van der Waals surface area (Å²) in [6, 6.07) is 8.57. The maximum absolute atomic E-state index is 12.6. The SMILES string of the molecule is COC(=O)C=Cc1ccc2c(c1)CCC2NCc1ccc(C(F)(F)F)nc1. The first-order chi connectivity index (χ1) is 12.9. The average molecular weight is 376 g/mol. The maximum atomic E-state index is 12.6. The van der Waals surface area contributed by atoms with E-state index < -0.39 is 17.8 Å². The number of nitrogens with one attached hydrogen (secondary N) is 1. The van der Waals surface area contributed by atoms with Gasteiger partial charge in [-0.15, -0.1) is 0 Å². The standard InChI is InChI=1S/C20H19F3N2O2/c1-27-19(26)9-4-13-2-6-16-15(10-13)5-7-17(16)24-11-14-3-8-18(25-12-14)20(21,22)23/h2-4,6,8-10,12,17,24H,5,7,11H2,1H3. The van der Waals surface area contributed by atoms with E-state index in [-0.39, 0.29) is 6.04 Å². The van der Waals surface area contributed by atoms with Gasteiger partial charge in [-0.1, -0.05) is 24.3 Å². The third-order valence-electron chi connectivity index (χ3n) is 4.53. The van der Waals surface area contributed by atoms with Crippen LogP contribution in [-0.2, 0) is 28.7 Å². The molecule has 7 heteroatoms. The molecule has 1 atom stereocenters. The number of aryl methyl sites for hydroxylation is 1. The highest BCUT2D eigenvalue weighted by molar-refractivity contribution is 5.86. The Balaban J connectivity index is 1.63. The average Bonchev–Trinajstić information content (AvgIpc) is 3.06. The first-order valence-electron chi connectivity index (χ1n) is 8.51. The molecule has 2 aromatic rings. The summed E-state index contributed by atoms with van der Waals surface area (Å²) in [6.45, 7) is 0.444. The van der Waals surface area contributed by atoms with Crippen LogP contribution in [0.1, 0.15) is 40.4 Å². The number of pyridine rings is 1. The van der Waals surface area contributed by atoms with E-state index in [0.717, 1.165) is 24.5 Å². The number of halogens is 3. The number of methoxy groups -OCH3 is 1. The summed E-state index contributed by atoms with van der Waals surface area (Å²) in [5.74, 6) is -0.403. The van der Waals surface area contributed by atoms with Gasteiger partial charge in [0.05, 0.1) is 7.11 Å². The number of alkyl halides is 3. The molecule has 0 amide bonds. The Hall–Kier alpha value is -2.67. The molecule has 0 bridgehead atoms. The summed E-state index contributed by atoms with van der Waals surface area (Å²) < 4.78 is 42.3. The Labute approximate surface area is 155 Å². The van der Waals surface area contributed by atoms with Gasteiger partial charge in [0, 0.05) is 24.9 Å².